The molecule has 0 saturated carbocycles. The number of fused-ring (bicyclic) bond motifs is 1. The van der Waals surface area contributed by atoms with Gasteiger partial charge in [-0.25, -0.2) is 4.79 Å². The lowest BCUT2D eigenvalue weighted by Gasteiger charge is -2.37. The molecule has 0 aliphatic carbocycles. The number of carbonyl (C=O) groups is 2. The fraction of sp³-hybridized carbons (Fsp3) is 0.333. The second-order valence-corrected chi connectivity index (χ2v) is 9.94. The molecule has 1 atom stereocenters. The first kappa shape index (κ1) is 25.9. The molecule has 2 heterocycles. The van der Waals surface area contributed by atoms with Crippen LogP contribution in [0.2, 0.25) is 5.02 Å². The number of rotatable bonds is 9. The molecule has 4 rings (SSSR count). The van der Waals surface area contributed by atoms with E-state index in [0.717, 1.165) is 18.4 Å². The van der Waals surface area contributed by atoms with Crippen LogP contribution in [0.1, 0.15) is 29.8 Å². The second kappa shape index (κ2) is 12.1. The molecule has 1 aromatic heterocycles. The predicted octanol–water partition coefficient (Wildman–Crippen LogP) is 5.86. The van der Waals surface area contributed by atoms with Gasteiger partial charge in [0, 0.05) is 34.7 Å². The topological polar surface area (TPSA) is 71.1 Å². The van der Waals surface area contributed by atoms with Gasteiger partial charge in [0.2, 0.25) is 5.91 Å². The molecule has 0 radical (unpaired) electrons. The van der Waals surface area contributed by atoms with Gasteiger partial charge in [-0.2, -0.15) is 0 Å². The summed E-state index contributed by atoms with van der Waals surface area (Å²) in [7, 11) is 1.61. The fourth-order valence-electron chi connectivity index (χ4n) is 4.29. The van der Waals surface area contributed by atoms with Crippen molar-refractivity contribution < 1.29 is 19.1 Å². The summed E-state index contributed by atoms with van der Waals surface area (Å²) >= 11 is 7.75. The summed E-state index contributed by atoms with van der Waals surface area (Å²) in [5.74, 6) is 1.28. The van der Waals surface area contributed by atoms with Crippen LogP contribution < -0.4 is 14.8 Å². The van der Waals surface area contributed by atoms with E-state index in [9.17, 15) is 9.59 Å². The molecule has 1 aliphatic heterocycles. The summed E-state index contributed by atoms with van der Waals surface area (Å²) in [5.41, 5.74) is 1.69. The molecule has 1 unspecified atom stereocenters. The molecule has 190 valence electrons. The van der Waals surface area contributed by atoms with Gasteiger partial charge in [0.1, 0.15) is 24.7 Å². The van der Waals surface area contributed by atoms with Crippen LogP contribution in [0.3, 0.4) is 0 Å². The summed E-state index contributed by atoms with van der Waals surface area (Å²) in [4.78, 5) is 31.2. The van der Waals surface area contributed by atoms with Gasteiger partial charge in [-0.05, 0) is 60.2 Å². The smallest absolute Gasteiger partial charge is 0.322 e. The third-order valence-corrected chi connectivity index (χ3v) is 7.28. The number of hydrogen-bond donors (Lipinski definition) is 1. The van der Waals surface area contributed by atoms with Crippen LogP contribution in [-0.4, -0.2) is 55.1 Å². The third kappa shape index (κ3) is 6.30. The Kier molecular flexibility index (Phi) is 8.72. The molecule has 0 spiro atoms. The first-order valence-corrected chi connectivity index (χ1v) is 13.2. The van der Waals surface area contributed by atoms with E-state index < -0.39 is 0 Å². The molecule has 36 heavy (non-hydrogen) atoms. The number of amides is 3. The molecular formula is C27H30ClN3O4S. The van der Waals surface area contributed by atoms with Gasteiger partial charge in [0.25, 0.3) is 0 Å². The van der Waals surface area contributed by atoms with Gasteiger partial charge in [-0.3, -0.25) is 4.79 Å². The van der Waals surface area contributed by atoms with Crippen molar-refractivity contribution >= 4 is 40.6 Å². The Morgan fingerprint density at radius 1 is 1.17 bits per heavy atom. The Bertz CT molecular complexity index is 1200. The summed E-state index contributed by atoms with van der Waals surface area (Å²) in [6.07, 6.45) is 1.52. The number of anilines is 1. The van der Waals surface area contributed by atoms with Crippen LogP contribution >= 0.6 is 22.9 Å². The van der Waals surface area contributed by atoms with Gasteiger partial charge >= 0.3 is 6.03 Å². The molecular weight excluding hydrogens is 498 g/mol. The van der Waals surface area contributed by atoms with Crippen molar-refractivity contribution in [2.45, 2.75) is 25.8 Å². The van der Waals surface area contributed by atoms with Gasteiger partial charge in [-0.1, -0.05) is 30.7 Å². The minimum Gasteiger partial charge on any atom is -0.497 e. The van der Waals surface area contributed by atoms with Gasteiger partial charge in [-0.15, -0.1) is 11.3 Å². The average molecular weight is 528 g/mol. The van der Waals surface area contributed by atoms with Crippen LogP contribution in [0.5, 0.6) is 11.5 Å². The maximum absolute atomic E-state index is 13.6. The zero-order valence-corrected chi connectivity index (χ0v) is 22.0. The van der Waals surface area contributed by atoms with Crippen molar-refractivity contribution in [2.24, 2.45) is 0 Å². The predicted molar refractivity (Wildman–Crippen MR) is 143 cm³/mol. The van der Waals surface area contributed by atoms with Gasteiger partial charge in [0.15, 0.2) is 0 Å². The molecule has 9 heteroatoms. The van der Waals surface area contributed by atoms with Crippen molar-refractivity contribution in [2.75, 3.05) is 38.7 Å². The number of nitrogens with one attached hydrogen (secondary N) is 1. The highest BCUT2D eigenvalue weighted by molar-refractivity contribution is 7.10. The summed E-state index contributed by atoms with van der Waals surface area (Å²) < 4.78 is 11.4. The van der Waals surface area contributed by atoms with Crippen LogP contribution in [-0.2, 0) is 11.2 Å². The van der Waals surface area contributed by atoms with Crippen LogP contribution in [0.4, 0.5) is 10.5 Å². The number of ether oxygens (including phenoxy) is 2. The molecule has 0 bridgehead atoms. The Balaban J connectivity index is 1.48. The Morgan fingerprint density at radius 2 is 1.97 bits per heavy atom. The number of carbonyl (C=O) groups excluding carboxylic acids is 2. The number of halogens is 1. The lowest BCUT2D eigenvalue weighted by atomic mass is 10.0. The molecule has 1 aliphatic rings. The Morgan fingerprint density at radius 3 is 2.75 bits per heavy atom. The standard InChI is InChI=1S/C27H30ClN3O4S/c1-3-12-30(27(33)29-20-7-4-6-19(28)15-20)17-26(32)31-13-10-25-23(11-14-36-25)24(31)18-35-22-9-5-8-21(16-22)34-2/h4-9,11,14-16,24H,3,10,12-13,17-18H2,1-2H3,(H,29,33). The van der Waals surface area contributed by atoms with E-state index in [1.165, 1.54) is 4.88 Å². The maximum atomic E-state index is 13.6. The maximum Gasteiger partial charge on any atom is 0.322 e. The Hall–Kier alpha value is -3.23. The lowest BCUT2D eigenvalue weighted by molar-refractivity contribution is -0.135. The van der Waals surface area contributed by atoms with Crippen LogP contribution in [0.25, 0.3) is 0 Å². The monoisotopic (exact) mass is 527 g/mol. The van der Waals surface area contributed by atoms with E-state index in [0.29, 0.717) is 41.9 Å². The molecule has 1 N–H and O–H groups in total. The van der Waals surface area contributed by atoms with E-state index in [1.807, 2.05) is 36.1 Å². The Labute approximate surface area is 220 Å². The largest absolute Gasteiger partial charge is 0.497 e. The quantitative estimate of drug-likeness (QED) is 0.378. The minimum absolute atomic E-state index is 0.0185. The van der Waals surface area contributed by atoms with Gasteiger partial charge in [0.05, 0.1) is 13.2 Å². The highest BCUT2D eigenvalue weighted by Crippen LogP contribution is 2.34. The normalized spacial score (nSPS) is 14.6. The van der Waals surface area contributed by atoms with E-state index in [4.69, 9.17) is 21.1 Å². The van der Waals surface area contributed by atoms with Crippen LogP contribution in [0.15, 0.2) is 60.0 Å². The number of hydrogen-bond acceptors (Lipinski definition) is 5. The van der Waals surface area contributed by atoms with Crippen LogP contribution in [0, 0.1) is 0 Å². The summed E-state index contributed by atoms with van der Waals surface area (Å²) in [6.45, 7) is 3.31. The van der Waals surface area contributed by atoms with E-state index >= 15 is 0 Å². The van der Waals surface area contributed by atoms with E-state index in [1.54, 1.807) is 47.6 Å². The number of thiophene rings is 1. The SMILES string of the molecule is CCCN(CC(=O)N1CCc2sccc2C1COc1cccc(OC)c1)C(=O)Nc1cccc(Cl)c1. The second-order valence-electron chi connectivity index (χ2n) is 8.50. The highest BCUT2D eigenvalue weighted by Gasteiger charge is 2.33. The number of methoxy groups -OCH3 is 1. The molecule has 0 saturated heterocycles. The highest BCUT2D eigenvalue weighted by atomic mass is 35.5. The zero-order chi connectivity index (χ0) is 25.5. The summed E-state index contributed by atoms with van der Waals surface area (Å²) in [5, 5.41) is 5.44. The van der Waals surface area contributed by atoms with Crippen molar-refractivity contribution in [3.63, 3.8) is 0 Å². The number of nitrogens with zero attached hydrogens (tertiary/aromatic N) is 2. The number of benzene rings is 2. The van der Waals surface area contributed by atoms with E-state index in [2.05, 4.69) is 16.8 Å². The molecule has 3 amide bonds. The van der Waals surface area contributed by atoms with Crippen molar-refractivity contribution in [3.05, 3.63) is 75.4 Å². The summed E-state index contributed by atoms with van der Waals surface area (Å²) in [6, 6.07) is 15.9. The fourth-order valence-corrected chi connectivity index (χ4v) is 5.40. The average Bonchev–Trinajstić information content (AvgIpc) is 3.36. The first-order chi connectivity index (χ1) is 17.5. The molecule has 0 fully saturated rings. The number of urea groups is 1. The van der Waals surface area contributed by atoms with Crippen molar-refractivity contribution in [1.82, 2.24) is 9.80 Å². The van der Waals surface area contributed by atoms with Gasteiger partial charge < -0.3 is 24.6 Å². The third-order valence-electron chi connectivity index (χ3n) is 6.05. The first-order valence-electron chi connectivity index (χ1n) is 11.9. The molecule has 3 aromatic rings. The molecule has 2 aromatic carbocycles. The molecule has 7 nitrogen and oxygen atoms in total. The lowest BCUT2D eigenvalue weighted by Crippen LogP contribution is -2.48. The zero-order valence-electron chi connectivity index (χ0n) is 20.4. The van der Waals surface area contributed by atoms with E-state index in [-0.39, 0.29) is 24.5 Å². The minimum atomic E-state index is -0.329. The van der Waals surface area contributed by atoms with Crippen molar-refractivity contribution in [3.8, 4) is 11.5 Å². The van der Waals surface area contributed by atoms with Crippen molar-refractivity contribution in [1.29, 1.82) is 0 Å².